The summed E-state index contributed by atoms with van der Waals surface area (Å²) in [4.78, 5) is 40.6. The van der Waals surface area contributed by atoms with E-state index in [1.165, 1.54) is 13.3 Å². The van der Waals surface area contributed by atoms with E-state index in [2.05, 4.69) is 10.3 Å². The summed E-state index contributed by atoms with van der Waals surface area (Å²) in [5.74, 6) is -0.598. The Kier molecular flexibility index (Phi) is 2.31. The number of carbonyl (C=O) groups excluding carboxylic acids is 3. The number of ether oxygens (including phenoxy) is 1. The fourth-order valence-electron chi connectivity index (χ4n) is 2.10. The first-order valence-corrected chi connectivity index (χ1v) is 5.78. The number of aromatic nitrogens is 1. The molecule has 7 nitrogen and oxygen atoms in total. The van der Waals surface area contributed by atoms with Gasteiger partial charge < -0.3 is 4.74 Å². The van der Waals surface area contributed by atoms with Crippen LogP contribution in [-0.2, 0) is 9.59 Å². The molecule has 2 fully saturated rings. The third kappa shape index (κ3) is 1.58. The molecule has 1 spiro atoms. The van der Waals surface area contributed by atoms with Crippen molar-refractivity contribution in [3.05, 3.63) is 18.3 Å². The standard InChI is InChI=1S/C12H11N3O4/c1-19-8-3-2-7(6-13-8)15-10(17)12(4-5-12)9(16)14-11(15)18/h2-3,6H,4-5H2,1H3,(H,14,16,18). The van der Waals surface area contributed by atoms with Gasteiger partial charge in [0.1, 0.15) is 5.41 Å². The second kappa shape index (κ2) is 3.78. The van der Waals surface area contributed by atoms with Crippen molar-refractivity contribution in [1.29, 1.82) is 0 Å². The van der Waals surface area contributed by atoms with Gasteiger partial charge in [0.2, 0.25) is 11.8 Å². The first-order valence-electron chi connectivity index (χ1n) is 5.78. The molecule has 1 aromatic rings. The van der Waals surface area contributed by atoms with Crippen molar-refractivity contribution in [1.82, 2.24) is 10.3 Å². The predicted octanol–water partition coefficient (Wildman–Crippen LogP) is 0.453. The molecule has 1 saturated carbocycles. The summed E-state index contributed by atoms with van der Waals surface area (Å²) < 4.78 is 4.91. The van der Waals surface area contributed by atoms with Crippen molar-refractivity contribution in [2.75, 3.05) is 12.0 Å². The molecule has 4 amide bonds. The Hall–Kier alpha value is -2.44. The average molecular weight is 261 g/mol. The van der Waals surface area contributed by atoms with Crippen molar-refractivity contribution in [3.8, 4) is 5.88 Å². The maximum Gasteiger partial charge on any atom is 0.335 e. The molecule has 98 valence electrons. The van der Waals surface area contributed by atoms with E-state index in [-0.39, 0.29) is 0 Å². The molecule has 2 aliphatic rings. The second-order valence-corrected chi connectivity index (χ2v) is 4.54. The van der Waals surface area contributed by atoms with E-state index >= 15 is 0 Å². The Labute approximate surface area is 108 Å². The Balaban J connectivity index is 1.96. The summed E-state index contributed by atoms with van der Waals surface area (Å²) in [6.45, 7) is 0. The molecule has 1 saturated heterocycles. The van der Waals surface area contributed by atoms with Crippen LogP contribution in [0, 0.1) is 5.41 Å². The molecule has 1 aliphatic heterocycles. The van der Waals surface area contributed by atoms with Crippen molar-refractivity contribution in [3.63, 3.8) is 0 Å². The molecule has 19 heavy (non-hydrogen) atoms. The van der Waals surface area contributed by atoms with E-state index in [1.807, 2.05) is 0 Å². The van der Waals surface area contributed by atoms with Crippen LogP contribution in [0.15, 0.2) is 18.3 Å². The number of imide groups is 2. The number of methoxy groups -OCH3 is 1. The molecule has 0 bridgehead atoms. The number of nitrogens with one attached hydrogen (secondary N) is 1. The number of anilines is 1. The Bertz CT molecular complexity index is 577. The van der Waals surface area contributed by atoms with Gasteiger partial charge in [-0.2, -0.15) is 0 Å². The molecule has 3 rings (SSSR count). The van der Waals surface area contributed by atoms with Crippen LogP contribution in [0.25, 0.3) is 0 Å². The molecule has 0 aromatic carbocycles. The van der Waals surface area contributed by atoms with Crippen LogP contribution in [-0.4, -0.2) is 29.9 Å². The second-order valence-electron chi connectivity index (χ2n) is 4.54. The van der Waals surface area contributed by atoms with E-state index in [1.54, 1.807) is 12.1 Å². The summed E-state index contributed by atoms with van der Waals surface area (Å²) in [7, 11) is 1.47. The number of hydrogen-bond donors (Lipinski definition) is 1. The van der Waals surface area contributed by atoms with Gasteiger partial charge in [0.25, 0.3) is 5.91 Å². The number of nitrogens with zero attached hydrogens (tertiary/aromatic N) is 2. The maximum absolute atomic E-state index is 12.3. The van der Waals surface area contributed by atoms with Crippen LogP contribution >= 0.6 is 0 Å². The lowest BCUT2D eigenvalue weighted by molar-refractivity contribution is -0.136. The van der Waals surface area contributed by atoms with Gasteiger partial charge >= 0.3 is 6.03 Å². The highest BCUT2D eigenvalue weighted by Crippen LogP contribution is 2.49. The first kappa shape index (κ1) is 11.6. The highest BCUT2D eigenvalue weighted by atomic mass is 16.5. The van der Waals surface area contributed by atoms with Crippen LogP contribution in [0.3, 0.4) is 0 Å². The minimum absolute atomic E-state index is 0.321. The lowest BCUT2D eigenvalue weighted by Crippen LogP contribution is -2.59. The topological polar surface area (TPSA) is 88.6 Å². The van der Waals surface area contributed by atoms with E-state index < -0.39 is 23.3 Å². The summed E-state index contributed by atoms with van der Waals surface area (Å²) in [6, 6.07) is 2.36. The van der Waals surface area contributed by atoms with Crippen molar-refractivity contribution in [2.24, 2.45) is 5.41 Å². The van der Waals surface area contributed by atoms with Crippen LogP contribution in [0.1, 0.15) is 12.8 Å². The van der Waals surface area contributed by atoms with E-state index in [0.29, 0.717) is 24.4 Å². The molecule has 0 radical (unpaired) electrons. The van der Waals surface area contributed by atoms with Gasteiger partial charge in [-0.25, -0.2) is 14.7 Å². The average Bonchev–Trinajstić information content (AvgIpc) is 3.19. The van der Waals surface area contributed by atoms with E-state index in [4.69, 9.17) is 4.74 Å². The number of barbiturate groups is 1. The van der Waals surface area contributed by atoms with Crippen molar-refractivity contribution < 1.29 is 19.1 Å². The van der Waals surface area contributed by atoms with Gasteiger partial charge in [-0.1, -0.05) is 0 Å². The highest BCUT2D eigenvalue weighted by molar-refractivity contribution is 6.31. The quantitative estimate of drug-likeness (QED) is 0.781. The molecule has 2 heterocycles. The Morgan fingerprint density at radius 3 is 2.58 bits per heavy atom. The number of hydrogen-bond acceptors (Lipinski definition) is 5. The van der Waals surface area contributed by atoms with Gasteiger partial charge in [-0.3, -0.25) is 14.9 Å². The zero-order chi connectivity index (χ0) is 13.6. The summed E-state index contributed by atoms with van der Waals surface area (Å²) in [5, 5.41) is 2.21. The van der Waals surface area contributed by atoms with Crippen molar-refractivity contribution in [2.45, 2.75) is 12.8 Å². The molecular weight excluding hydrogens is 250 g/mol. The van der Waals surface area contributed by atoms with Crippen LogP contribution in [0.2, 0.25) is 0 Å². The summed E-state index contributed by atoms with van der Waals surface area (Å²) in [5.41, 5.74) is -0.726. The van der Waals surface area contributed by atoms with Gasteiger partial charge in [0.05, 0.1) is 19.0 Å². The maximum atomic E-state index is 12.3. The third-order valence-corrected chi connectivity index (χ3v) is 3.41. The molecular formula is C12H11N3O4. The minimum Gasteiger partial charge on any atom is -0.481 e. The molecule has 1 aromatic heterocycles. The number of pyridine rings is 1. The first-order chi connectivity index (χ1) is 9.08. The molecule has 1 N–H and O–H groups in total. The van der Waals surface area contributed by atoms with Gasteiger partial charge in [0, 0.05) is 6.07 Å². The van der Waals surface area contributed by atoms with Crippen LogP contribution in [0.4, 0.5) is 10.5 Å². The van der Waals surface area contributed by atoms with Crippen molar-refractivity contribution >= 4 is 23.5 Å². The largest absolute Gasteiger partial charge is 0.481 e. The van der Waals surface area contributed by atoms with Gasteiger partial charge in [-0.05, 0) is 18.9 Å². The fourth-order valence-corrected chi connectivity index (χ4v) is 2.10. The van der Waals surface area contributed by atoms with E-state index in [0.717, 1.165) is 4.90 Å². The lowest BCUT2D eigenvalue weighted by Gasteiger charge is -2.29. The number of carbonyl (C=O) groups is 3. The SMILES string of the molecule is COc1ccc(N2C(=O)NC(=O)C3(CC3)C2=O)cn1. The van der Waals surface area contributed by atoms with Crippen LogP contribution < -0.4 is 15.0 Å². The van der Waals surface area contributed by atoms with Gasteiger partial charge in [0.15, 0.2) is 0 Å². The molecule has 7 heteroatoms. The number of amides is 4. The normalized spacial score (nSPS) is 20.5. The van der Waals surface area contributed by atoms with Crippen LogP contribution in [0.5, 0.6) is 5.88 Å². The molecule has 0 atom stereocenters. The Morgan fingerprint density at radius 2 is 2.05 bits per heavy atom. The fraction of sp³-hybridized carbons (Fsp3) is 0.333. The predicted molar refractivity (Wildman–Crippen MR) is 63.5 cm³/mol. The smallest absolute Gasteiger partial charge is 0.335 e. The molecule has 1 aliphatic carbocycles. The zero-order valence-electron chi connectivity index (χ0n) is 10.2. The Morgan fingerprint density at radius 1 is 1.32 bits per heavy atom. The lowest BCUT2D eigenvalue weighted by atomic mass is 10.0. The van der Waals surface area contributed by atoms with Gasteiger partial charge in [-0.15, -0.1) is 0 Å². The summed E-state index contributed by atoms with van der Waals surface area (Å²) in [6.07, 6.45) is 2.32. The zero-order valence-corrected chi connectivity index (χ0v) is 10.2. The van der Waals surface area contributed by atoms with E-state index in [9.17, 15) is 14.4 Å². The monoisotopic (exact) mass is 261 g/mol. The summed E-state index contributed by atoms with van der Waals surface area (Å²) >= 11 is 0. The number of urea groups is 1. The number of rotatable bonds is 2. The molecule has 0 unspecified atom stereocenters. The third-order valence-electron chi connectivity index (χ3n) is 3.41. The minimum atomic E-state index is -1.05. The highest BCUT2D eigenvalue weighted by Gasteiger charge is 2.62.